The molecule has 0 N–H and O–H groups in total. The van der Waals surface area contributed by atoms with Gasteiger partial charge in [-0.3, -0.25) is 4.90 Å². The SMILES string of the molecule is CC(c1ncc2ccccc2n1)N1CCCCC1. The first-order chi connectivity index (χ1) is 8.84. The average Bonchev–Trinajstić information content (AvgIpc) is 2.47. The summed E-state index contributed by atoms with van der Waals surface area (Å²) in [5.41, 5.74) is 1.05. The Kier molecular flexibility index (Phi) is 3.24. The van der Waals surface area contributed by atoms with E-state index in [0.29, 0.717) is 6.04 Å². The molecule has 18 heavy (non-hydrogen) atoms. The first kappa shape index (κ1) is 11.6. The predicted molar refractivity (Wildman–Crippen MR) is 73.4 cm³/mol. The number of aromatic nitrogens is 2. The summed E-state index contributed by atoms with van der Waals surface area (Å²) in [4.78, 5) is 11.7. The number of benzene rings is 1. The fraction of sp³-hybridized carbons (Fsp3) is 0.467. The zero-order valence-electron chi connectivity index (χ0n) is 10.8. The number of para-hydroxylation sites is 1. The Labute approximate surface area is 108 Å². The number of hydrogen-bond donors (Lipinski definition) is 0. The van der Waals surface area contributed by atoms with Crippen molar-refractivity contribution in [2.45, 2.75) is 32.2 Å². The van der Waals surface area contributed by atoms with Crippen LogP contribution in [0.3, 0.4) is 0 Å². The zero-order chi connectivity index (χ0) is 12.4. The quantitative estimate of drug-likeness (QED) is 0.808. The molecular formula is C15H19N3. The second kappa shape index (κ2) is 5.02. The molecule has 1 aliphatic rings. The first-order valence-corrected chi connectivity index (χ1v) is 6.80. The molecule has 1 unspecified atom stereocenters. The largest absolute Gasteiger partial charge is 0.294 e. The fourth-order valence-corrected chi connectivity index (χ4v) is 2.66. The van der Waals surface area contributed by atoms with Gasteiger partial charge in [-0.2, -0.15) is 0 Å². The van der Waals surface area contributed by atoms with Gasteiger partial charge in [0.05, 0.1) is 11.6 Å². The molecule has 2 heterocycles. The summed E-state index contributed by atoms with van der Waals surface area (Å²) < 4.78 is 0. The highest BCUT2D eigenvalue weighted by Gasteiger charge is 2.20. The molecule has 0 spiro atoms. The van der Waals surface area contributed by atoms with Crippen molar-refractivity contribution in [2.24, 2.45) is 0 Å². The minimum Gasteiger partial charge on any atom is -0.294 e. The third kappa shape index (κ3) is 2.23. The van der Waals surface area contributed by atoms with Crippen molar-refractivity contribution in [1.82, 2.24) is 14.9 Å². The summed E-state index contributed by atoms with van der Waals surface area (Å²) >= 11 is 0. The van der Waals surface area contributed by atoms with E-state index in [9.17, 15) is 0 Å². The van der Waals surface area contributed by atoms with Gasteiger partial charge in [0.15, 0.2) is 0 Å². The van der Waals surface area contributed by atoms with Crippen molar-refractivity contribution in [3.63, 3.8) is 0 Å². The van der Waals surface area contributed by atoms with Gasteiger partial charge in [0.1, 0.15) is 5.82 Å². The molecule has 94 valence electrons. The van der Waals surface area contributed by atoms with E-state index in [-0.39, 0.29) is 0 Å². The van der Waals surface area contributed by atoms with Crippen molar-refractivity contribution in [3.8, 4) is 0 Å². The van der Waals surface area contributed by atoms with Crippen LogP contribution in [0.4, 0.5) is 0 Å². The Bertz CT molecular complexity index is 532. The lowest BCUT2D eigenvalue weighted by atomic mass is 10.1. The van der Waals surface area contributed by atoms with E-state index in [1.54, 1.807) is 0 Å². The third-order valence-corrected chi connectivity index (χ3v) is 3.82. The molecule has 0 aliphatic carbocycles. The zero-order valence-corrected chi connectivity index (χ0v) is 10.8. The second-order valence-corrected chi connectivity index (χ2v) is 5.06. The molecule has 1 aliphatic heterocycles. The first-order valence-electron chi connectivity index (χ1n) is 6.80. The van der Waals surface area contributed by atoms with Crippen LogP contribution in [0.5, 0.6) is 0 Å². The highest BCUT2D eigenvalue weighted by Crippen LogP contribution is 2.22. The molecule has 3 rings (SSSR count). The standard InChI is InChI=1S/C15H19N3/c1-12(18-9-5-2-6-10-18)15-16-11-13-7-3-4-8-14(13)17-15/h3-4,7-8,11-12H,2,5-6,9-10H2,1H3. The van der Waals surface area contributed by atoms with E-state index in [0.717, 1.165) is 16.7 Å². The van der Waals surface area contributed by atoms with E-state index < -0.39 is 0 Å². The molecule has 0 saturated carbocycles. The molecule has 0 amide bonds. The van der Waals surface area contributed by atoms with Gasteiger partial charge in [-0.1, -0.05) is 24.6 Å². The predicted octanol–water partition coefficient (Wildman–Crippen LogP) is 3.18. The van der Waals surface area contributed by atoms with Gasteiger partial charge in [0, 0.05) is 11.6 Å². The van der Waals surface area contributed by atoms with Crippen LogP contribution in [-0.4, -0.2) is 28.0 Å². The number of likely N-dealkylation sites (tertiary alicyclic amines) is 1. The molecule has 3 nitrogen and oxygen atoms in total. The Morgan fingerprint density at radius 3 is 2.72 bits per heavy atom. The van der Waals surface area contributed by atoms with Gasteiger partial charge in [-0.05, 0) is 38.9 Å². The minimum absolute atomic E-state index is 0.329. The van der Waals surface area contributed by atoms with E-state index >= 15 is 0 Å². The maximum Gasteiger partial charge on any atom is 0.145 e. The summed E-state index contributed by atoms with van der Waals surface area (Å²) in [7, 11) is 0. The summed E-state index contributed by atoms with van der Waals surface area (Å²) in [5.74, 6) is 0.954. The fourth-order valence-electron chi connectivity index (χ4n) is 2.66. The average molecular weight is 241 g/mol. The number of nitrogens with zero attached hydrogens (tertiary/aromatic N) is 3. The Hall–Kier alpha value is -1.48. The number of fused-ring (bicyclic) bond motifs is 1. The normalized spacial score (nSPS) is 18.9. The number of rotatable bonds is 2. The van der Waals surface area contributed by atoms with Crippen LogP contribution >= 0.6 is 0 Å². The van der Waals surface area contributed by atoms with Gasteiger partial charge in [0.25, 0.3) is 0 Å². The Morgan fingerprint density at radius 1 is 1.11 bits per heavy atom. The van der Waals surface area contributed by atoms with Gasteiger partial charge < -0.3 is 0 Å². The van der Waals surface area contributed by atoms with Crippen LogP contribution in [0.15, 0.2) is 30.5 Å². The van der Waals surface area contributed by atoms with Gasteiger partial charge in [-0.15, -0.1) is 0 Å². The molecule has 1 aromatic heterocycles. The molecule has 0 bridgehead atoms. The molecule has 2 aromatic rings. The van der Waals surface area contributed by atoms with Gasteiger partial charge >= 0.3 is 0 Å². The smallest absolute Gasteiger partial charge is 0.145 e. The highest BCUT2D eigenvalue weighted by atomic mass is 15.2. The topological polar surface area (TPSA) is 29.0 Å². The number of hydrogen-bond acceptors (Lipinski definition) is 3. The molecular weight excluding hydrogens is 222 g/mol. The summed E-state index contributed by atoms with van der Waals surface area (Å²) in [5, 5.41) is 1.12. The van der Waals surface area contributed by atoms with E-state index in [4.69, 9.17) is 4.98 Å². The highest BCUT2D eigenvalue weighted by molar-refractivity contribution is 5.77. The van der Waals surface area contributed by atoms with Crippen LogP contribution < -0.4 is 0 Å². The van der Waals surface area contributed by atoms with Crippen LogP contribution in [-0.2, 0) is 0 Å². The van der Waals surface area contributed by atoms with Crippen LogP contribution in [0.25, 0.3) is 10.9 Å². The Morgan fingerprint density at radius 2 is 1.89 bits per heavy atom. The molecule has 0 radical (unpaired) electrons. The van der Waals surface area contributed by atoms with Crippen molar-refractivity contribution >= 4 is 10.9 Å². The molecule has 1 fully saturated rings. The van der Waals surface area contributed by atoms with Crippen molar-refractivity contribution in [2.75, 3.05) is 13.1 Å². The maximum atomic E-state index is 4.70. The van der Waals surface area contributed by atoms with Gasteiger partial charge in [-0.25, -0.2) is 9.97 Å². The van der Waals surface area contributed by atoms with Crippen molar-refractivity contribution in [1.29, 1.82) is 0 Å². The molecule has 1 saturated heterocycles. The minimum atomic E-state index is 0.329. The Balaban J connectivity index is 1.88. The lowest BCUT2D eigenvalue weighted by Crippen LogP contribution is -2.33. The molecule has 1 atom stereocenters. The second-order valence-electron chi connectivity index (χ2n) is 5.06. The monoisotopic (exact) mass is 241 g/mol. The van der Waals surface area contributed by atoms with Crippen molar-refractivity contribution < 1.29 is 0 Å². The third-order valence-electron chi connectivity index (χ3n) is 3.82. The maximum absolute atomic E-state index is 4.70. The van der Waals surface area contributed by atoms with E-state index in [2.05, 4.69) is 28.9 Å². The summed E-state index contributed by atoms with van der Waals surface area (Å²) in [6.07, 6.45) is 5.91. The number of piperidine rings is 1. The molecule has 1 aromatic carbocycles. The van der Waals surface area contributed by atoms with E-state index in [1.165, 1.54) is 32.4 Å². The lowest BCUT2D eigenvalue weighted by Gasteiger charge is -2.31. The van der Waals surface area contributed by atoms with E-state index in [1.807, 2.05) is 18.3 Å². The van der Waals surface area contributed by atoms with Gasteiger partial charge in [0.2, 0.25) is 0 Å². The van der Waals surface area contributed by atoms with Crippen LogP contribution in [0, 0.1) is 0 Å². The summed E-state index contributed by atoms with van der Waals surface area (Å²) in [6, 6.07) is 8.51. The van der Waals surface area contributed by atoms with Crippen LogP contribution in [0.2, 0.25) is 0 Å². The lowest BCUT2D eigenvalue weighted by molar-refractivity contribution is 0.169. The van der Waals surface area contributed by atoms with Crippen LogP contribution in [0.1, 0.15) is 38.1 Å². The molecule has 3 heteroatoms. The van der Waals surface area contributed by atoms with Crippen molar-refractivity contribution in [3.05, 3.63) is 36.3 Å². The summed E-state index contributed by atoms with van der Waals surface area (Å²) in [6.45, 7) is 4.57.